The van der Waals surface area contributed by atoms with Gasteiger partial charge in [-0.3, -0.25) is 4.79 Å². The number of pyridine rings is 1. The summed E-state index contributed by atoms with van der Waals surface area (Å²) in [5, 5.41) is 1.44. The molecule has 1 aromatic heterocycles. The number of nitrogens with zero attached hydrogens (tertiary/aromatic N) is 2. The highest BCUT2D eigenvalue weighted by Gasteiger charge is 2.07. The van der Waals surface area contributed by atoms with Crippen molar-refractivity contribution in [1.29, 1.82) is 0 Å². The SMILES string of the molecule is CCN([C]=O)[n+]1ccccc1. The summed E-state index contributed by atoms with van der Waals surface area (Å²) in [7, 11) is 0. The van der Waals surface area contributed by atoms with Crippen LogP contribution in [0.2, 0.25) is 0 Å². The minimum absolute atomic E-state index is 0.623. The van der Waals surface area contributed by atoms with E-state index in [2.05, 4.69) is 0 Å². The van der Waals surface area contributed by atoms with Gasteiger partial charge in [0.1, 0.15) is 0 Å². The lowest BCUT2D eigenvalue weighted by molar-refractivity contribution is -0.680. The van der Waals surface area contributed by atoms with Crippen molar-refractivity contribution in [3.05, 3.63) is 30.6 Å². The van der Waals surface area contributed by atoms with Crippen molar-refractivity contribution in [2.45, 2.75) is 6.92 Å². The highest BCUT2D eigenvalue weighted by Crippen LogP contribution is 1.77. The van der Waals surface area contributed by atoms with Gasteiger partial charge in [-0.2, -0.15) is 0 Å². The molecule has 0 saturated heterocycles. The third-order valence-electron chi connectivity index (χ3n) is 1.38. The maximum atomic E-state index is 10.3. The summed E-state index contributed by atoms with van der Waals surface area (Å²) in [6, 6.07) is 5.62. The summed E-state index contributed by atoms with van der Waals surface area (Å²) < 4.78 is 1.69. The third-order valence-corrected chi connectivity index (χ3v) is 1.38. The predicted molar refractivity (Wildman–Crippen MR) is 41.1 cm³/mol. The molecule has 1 aromatic rings. The largest absolute Gasteiger partial charge is 0.371 e. The monoisotopic (exact) mass is 150 g/mol. The molecule has 3 heteroatoms. The summed E-state index contributed by atoms with van der Waals surface area (Å²) in [5.74, 6) is 0. The maximum Gasteiger partial charge on any atom is 0.371 e. The molecule has 1 amide bonds. The Kier molecular flexibility index (Phi) is 2.60. The smallest absolute Gasteiger partial charge is 0.257 e. The van der Waals surface area contributed by atoms with Gasteiger partial charge in [-0.15, -0.1) is 5.01 Å². The van der Waals surface area contributed by atoms with Crippen molar-refractivity contribution in [2.24, 2.45) is 0 Å². The molecule has 0 aliphatic heterocycles. The van der Waals surface area contributed by atoms with Crippen LogP contribution in [-0.4, -0.2) is 13.0 Å². The molecular formula is C8H10N2O+. The lowest BCUT2D eigenvalue weighted by Gasteiger charge is -2.03. The summed E-state index contributed by atoms with van der Waals surface area (Å²) in [5.41, 5.74) is 0. The summed E-state index contributed by atoms with van der Waals surface area (Å²) in [6.07, 6.45) is 5.41. The number of hydrogen-bond donors (Lipinski definition) is 0. The number of amides is 1. The van der Waals surface area contributed by atoms with E-state index in [1.807, 2.05) is 31.5 Å². The minimum atomic E-state index is 0.623. The van der Waals surface area contributed by atoms with Crippen LogP contribution in [0.5, 0.6) is 0 Å². The molecule has 0 atom stereocenters. The first-order valence-corrected chi connectivity index (χ1v) is 3.50. The van der Waals surface area contributed by atoms with Gasteiger partial charge in [-0.05, 0) is 6.92 Å². The van der Waals surface area contributed by atoms with E-state index in [-0.39, 0.29) is 0 Å². The van der Waals surface area contributed by atoms with Crippen molar-refractivity contribution in [1.82, 2.24) is 0 Å². The van der Waals surface area contributed by atoms with Crippen molar-refractivity contribution in [3.63, 3.8) is 0 Å². The van der Waals surface area contributed by atoms with E-state index in [1.54, 1.807) is 17.1 Å². The van der Waals surface area contributed by atoms with Gasteiger partial charge in [0.25, 0.3) is 0 Å². The van der Waals surface area contributed by atoms with E-state index in [0.717, 1.165) is 0 Å². The topological polar surface area (TPSA) is 24.2 Å². The predicted octanol–water partition coefficient (Wildman–Crippen LogP) is -0.000800. The Bertz CT molecular complexity index is 223. The summed E-state index contributed by atoms with van der Waals surface area (Å²) in [4.78, 5) is 10.3. The molecule has 0 saturated carbocycles. The number of aromatic nitrogens is 1. The molecule has 3 nitrogen and oxygen atoms in total. The van der Waals surface area contributed by atoms with Gasteiger partial charge >= 0.3 is 6.41 Å². The van der Waals surface area contributed by atoms with Gasteiger partial charge in [0.05, 0.1) is 6.54 Å². The Morgan fingerprint density at radius 1 is 1.36 bits per heavy atom. The van der Waals surface area contributed by atoms with Gasteiger partial charge in [0.2, 0.25) is 0 Å². The number of hydrogen-bond acceptors (Lipinski definition) is 1. The molecule has 11 heavy (non-hydrogen) atoms. The third kappa shape index (κ3) is 1.77. The molecule has 0 aliphatic carbocycles. The number of carbonyl (C=O) groups excluding carboxylic acids is 1. The van der Waals surface area contributed by atoms with E-state index >= 15 is 0 Å². The number of rotatable bonds is 3. The van der Waals surface area contributed by atoms with Crippen molar-refractivity contribution >= 4 is 6.41 Å². The normalized spacial score (nSPS) is 9.18. The van der Waals surface area contributed by atoms with E-state index in [9.17, 15) is 4.79 Å². The molecule has 57 valence electrons. The van der Waals surface area contributed by atoms with Crippen LogP contribution in [0.15, 0.2) is 30.6 Å². The average Bonchev–Trinajstić information content (AvgIpc) is 2.09. The molecule has 1 radical (unpaired) electrons. The lowest BCUT2D eigenvalue weighted by Crippen LogP contribution is -2.56. The van der Waals surface area contributed by atoms with Crippen LogP contribution in [-0.2, 0) is 4.79 Å². The quantitative estimate of drug-likeness (QED) is 0.439. The second kappa shape index (κ2) is 3.71. The Morgan fingerprint density at radius 3 is 2.45 bits per heavy atom. The fourth-order valence-corrected chi connectivity index (χ4v) is 0.826. The second-order valence-electron chi connectivity index (χ2n) is 2.06. The molecule has 0 fully saturated rings. The molecule has 0 aromatic carbocycles. The second-order valence-corrected chi connectivity index (χ2v) is 2.06. The van der Waals surface area contributed by atoms with Crippen LogP contribution in [0.4, 0.5) is 0 Å². The first kappa shape index (κ1) is 7.72. The van der Waals surface area contributed by atoms with Crippen molar-refractivity contribution < 1.29 is 9.47 Å². The molecule has 0 spiro atoms. The fraction of sp³-hybridized carbons (Fsp3) is 0.250. The van der Waals surface area contributed by atoms with Gasteiger partial charge in [-0.1, -0.05) is 10.7 Å². The van der Waals surface area contributed by atoms with Crippen LogP contribution >= 0.6 is 0 Å². The Morgan fingerprint density at radius 2 is 2.00 bits per heavy atom. The van der Waals surface area contributed by atoms with Gasteiger partial charge < -0.3 is 0 Å². The van der Waals surface area contributed by atoms with Crippen LogP contribution in [0.1, 0.15) is 6.92 Å². The van der Waals surface area contributed by atoms with Crippen LogP contribution < -0.4 is 9.69 Å². The maximum absolute atomic E-state index is 10.3. The Balaban J connectivity index is 2.82. The summed E-state index contributed by atoms with van der Waals surface area (Å²) in [6.45, 7) is 2.52. The minimum Gasteiger partial charge on any atom is -0.257 e. The zero-order valence-electron chi connectivity index (χ0n) is 6.40. The molecular weight excluding hydrogens is 140 g/mol. The lowest BCUT2D eigenvalue weighted by atomic mass is 10.5. The average molecular weight is 150 g/mol. The Hall–Kier alpha value is -1.38. The zero-order chi connectivity index (χ0) is 8.10. The highest BCUT2D eigenvalue weighted by atomic mass is 16.1. The standard InChI is InChI=1S/C8H10N2O/c1-2-9(8-11)10-6-4-3-5-7-10/h3-7H,2H2,1H3/q+1. The molecule has 0 unspecified atom stereocenters. The fourth-order valence-electron chi connectivity index (χ4n) is 0.826. The Labute approximate surface area is 65.8 Å². The molecule has 1 rings (SSSR count). The van der Waals surface area contributed by atoms with Crippen LogP contribution in [0, 0.1) is 0 Å². The van der Waals surface area contributed by atoms with E-state index in [4.69, 9.17) is 0 Å². The van der Waals surface area contributed by atoms with Crippen molar-refractivity contribution in [2.75, 3.05) is 11.6 Å². The molecule has 0 bridgehead atoms. The molecule has 0 N–H and O–H groups in total. The molecule has 0 aliphatic rings. The van der Waals surface area contributed by atoms with Gasteiger partial charge in [-0.25, -0.2) is 0 Å². The first-order chi connectivity index (χ1) is 5.38. The van der Waals surface area contributed by atoms with Gasteiger partial charge in [0, 0.05) is 12.1 Å². The zero-order valence-corrected chi connectivity index (χ0v) is 6.40. The van der Waals surface area contributed by atoms with Crippen molar-refractivity contribution in [3.8, 4) is 0 Å². The molecule has 1 heterocycles. The highest BCUT2D eigenvalue weighted by molar-refractivity contribution is 5.58. The van der Waals surface area contributed by atoms with Crippen LogP contribution in [0.25, 0.3) is 0 Å². The van der Waals surface area contributed by atoms with Gasteiger partial charge in [0.15, 0.2) is 12.4 Å². The van der Waals surface area contributed by atoms with E-state index < -0.39 is 0 Å². The van der Waals surface area contributed by atoms with E-state index in [1.165, 1.54) is 5.01 Å². The van der Waals surface area contributed by atoms with E-state index in [0.29, 0.717) is 6.54 Å². The first-order valence-electron chi connectivity index (χ1n) is 3.50. The summed E-state index contributed by atoms with van der Waals surface area (Å²) >= 11 is 0. The van der Waals surface area contributed by atoms with Crippen LogP contribution in [0.3, 0.4) is 0 Å².